The summed E-state index contributed by atoms with van der Waals surface area (Å²) < 4.78 is 0. The molecule has 0 bridgehead atoms. The van der Waals surface area contributed by atoms with Crippen LogP contribution in [0.15, 0.2) is 12.2 Å². The number of carbonyl (C=O) groups excluding carboxylic acids is 1. The largest absolute Gasteiger partial charge is 0.333 e. The summed E-state index contributed by atoms with van der Waals surface area (Å²) in [7, 11) is 4.05. The fraction of sp³-hybridized carbons (Fsp3) is 0.812. The molecule has 0 aliphatic heterocycles. The third-order valence-corrected chi connectivity index (χ3v) is 4.30. The Morgan fingerprint density at radius 1 is 1.05 bits per heavy atom. The summed E-state index contributed by atoms with van der Waals surface area (Å²) in [6, 6.07) is 1.04. The third-order valence-electron chi connectivity index (χ3n) is 4.30. The first-order valence-corrected chi connectivity index (χ1v) is 7.71. The van der Waals surface area contributed by atoms with Crippen LogP contribution in [-0.4, -0.2) is 48.4 Å². The number of hydrogen-bond acceptors (Lipinski definition) is 2. The van der Waals surface area contributed by atoms with Crippen LogP contribution >= 0.6 is 0 Å². The Balaban J connectivity index is 1.92. The maximum atomic E-state index is 12.4. The summed E-state index contributed by atoms with van der Waals surface area (Å²) in [5.41, 5.74) is 0. The Hall–Kier alpha value is -0.830. The first-order valence-electron chi connectivity index (χ1n) is 7.71. The quantitative estimate of drug-likeness (QED) is 0.713. The second-order valence-electron chi connectivity index (χ2n) is 6.55. The lowest BCUT2D eigenvalue weighted by Gasteiger charge is -2.36. The second kappa shape index (κ2) is 6.56. The van der Waals surface area contributed by atoms with Crippen molar-refractivity contribution in [2.24, 2.45) is 5.92 Å². The molecular formula is C16H28N2O. The number of likely N-dealkylation sites (N-methyl/N-ethyl adjacent to an activating group) is 1. The van der Waals surface area contributed by atoms with Gasteiger partial charge in [0.15, 0.2) is 0 Å². The van der Waals surface area contributed by atoms with Crippen molar-refractivity contribution in [3.8, 4) is 0 Å². The molecule has 0 heterocycles. The van der Waals surface area contributed by atoms with Gasteiger partial charge in [0, 0.05) is 24.7 Å². The van der Waals surface area contributed by atoms with Crippen LogP contribution in [0.1, 0.15) is 45.4 Å². The van der Waals surface area contributed by atoms with E-state index in [4.69, 9.17) is 0 Å². The zero-order valence-electron chi connectivity index (χ0n) is 12.6. The maximum absolute atomic E-state index is 12.4. The lowest BCUT2D eigenvalue weighted by molar-refractivity contribution is -0.129. The maximum Gasteiger partial charge on any atom is 0.246 e. The van der Waals surface area contributed by atoms with Crippen molar-refractivity contribution < 1.29 is 4.79 Å². The molecule has 19 heavy (non-hydrogen) atoms. The molecule has 0 aromatic rings. The standard InChI is InChI=1S/C16H28N2O/c1-13-6-8-14(9-7-13)18(15-10-11-15)16(19)5-4-12-17(2)3/h4-5,13-15H,6-12H2,1-3H3/b5-4+. The molecular weight excluding hydrogens is 236 g/mol. The summed E-state index contributed by atoms with van der Waals surface area (Å²) in [4.78, 5) is 16.7. The van der Waals surface area contributed by atoms with Gasteiger partial charge in [-0.15, -0.1) is 0 Å². The van der Waals surface area contributed by atoms with Crippen LogP contribution in [0.25, 0.3) is 0 Å². The molecule has 3 nitrogen and oxygen atoms in total. The highest BCUT2D eigenvalue weighted by molar-refractivity contribution is 5.88. The number of amides is 1. The minimum absolute atomic E-state index is 0.240. The normalized spacial score (nSPS) is 28.0. The Morgan fingerprint density at radius 3 is 2.05 bits per heavy atom. The average Bonchev–Trinajstić information content (AvgIpc) is 3.16. The Bertz CT molecular complexity index is 326. The minimum atomic E-state index is 0.240. The molecule has 2 aliphatic carbocycles. The average molecular weight is 264 g/mol. The van der Waals surface area contributed by atoms with Gasteiger partial charge in [-0.25, -0.2) is 0 Å². The topological polar surface area (TPSA) is 23.6 Å². The van der Waals surface area contributed by atoms with E-state index in [-0.39, 0.29) is 5.91 Å². The molecule has 0 unspecified atom stereocenters. The summed E-state index contributed by atoms with van der Waals surface area (Å²) in [5.74, 6) is 1.08. The third kappa shape index (κ3) is 4.34. The van der Waals surface area contributed by atoms with E-state index >= 15 is 0 Å². The van der Waals surface area contributed by atoms with Crippen LogP contribution in [0.2, 0.25) is 0 Å². The van der Waals surface area contributed by atoms with Gasteiger partial charge in [0.2, 0.25) is 5.91 Å². The van der Waals surface area contributed by atoms with E-state index in [0.29, 0.717) is 12.1 Å². The van der Waals surface area contributed by atoms with E-state index < -0.39 is 0 Å². The predicted octanol–water partition coefficient (Wildman–Crippen LogP) is 2.67. The molecule has 3 heteroatoms. The van der Waals surface area contributed by atoms with Gasteiger partial charge in [0.1, 0.15) is 0 Å². The van der Waals surface area contributed by atoms with Gasteiger partial charge in [-0.3, -0.25) is 4.79 Å². The van der Waals surface area contributed by atoms with Gasteiger partial charge in [-0.2, -0.15) is 0 Å². The molecule has 0 N–H and O–H groups in total. The molecule has 1 amide bonds. The number of carbonyl (C=O) groups is 1. The highest BCUT2D eigenvalue weighted by Gasteiger charge is 2.37. The monoisotopic (exact) mass is 264 g/mol. The van der Waals surface area contributed by atoms with E-state index in [9.17, 15) is 4.79 Å². The van der Waals surface area contributed by atoms with Crippen LogP contribution in [-0.2, 0) is 4.79 Å². The van der Waals surface area contributed by atoms with Gasteiger partial charge in [0.05, 0.1) is 0 Å². The van der Waals surface area contributed by atoms with E-state index in [1.807, 2.05) is 20.2 Å². The molecule has 0 radical (unpaired) electrons. The number of hydrogen-bond donors (Lipinski definition) is 0. The van der Waals surface area contributed by atoms with Crippen LogP contribution in [0.5, 0.6) is 0 Å². The minimum Gasteiger partial charge on any atom is -0.333 e. The zero-order valence-corrected chi connectivity index (χ0v) is 12.6. The molecule has 2 rings (SSSR count). The van der Waals surface area contributed by atoms with Crippen molar-refractivity contribution in [1.29, 1.82) is 0 Å². The summed E-state index contributed by atoms with van der Waals surface area (Å²) >= 11 is 0. The predicted molar refractivity (Wildman–Crippen MR) is 79.0 cm³/mol. The SMILES string of the molecule is CC1CCC(N(C(=O)/C=C/CN(C)C)C2CC2)CC1. The molecule has 0 saturated heterocycles. The fourth-order valence-corrected chi connectivity index (χ4v) is 2.98. The fourth-order valence-electron chi connectivity index (χ4n) is 2.98. The molecule has 0 aromatic carbocycles. The van der Waals surface area contributed by atoms with Crippen LogP contribution in [0.4, 0.5) is 0 Å². The molecule has 108 valence electrons. The van der Waals surface area contributed by atoms with Crippen molar-refractivity contribution in [3.05, 3.63) is 12.2 Å². The molecule has 2 fully saturated rings. The van der Waals surface area contributed by atoms with Gasteiger partial charge in [0.25, 0.3) is 0 Å². The van der Waals surface area contributed by atoms with Crippen molar-refractivity contribution in [3.63, 3.8) is 0 Å². The first kappa shape index (κ1) is 14.6. The Kier molecular flexibility index (Phi) is 5.03. The Morgan fingerprint density at radius 2 is 1.58 bits per heavy atom. The van der Waals surface area contributed by atoms with Crippen LogP contribution < -0.4 is 0 Å². The van der Waals surface area contributed by atoms with Crippen molar-refractivity contribution in [2.45, 2.75) is 57.5 Å². The Labute approximate surface area is 117 Å². The number of nitrogens with zero attached hydrogens (tertiary/aromatic N) is 2. The van der Waals surface area contributed by atoms with E-state index in [2.05, 4.69) is 16.7 Å². The van der Waals surface area contributed by atoms with Gasteiger partial charge >= 0.3 is 0 Å². The van der Waals surface area contributed by atoms with Crippen LogP contribution in [0, 0.1) is 5.92 Å². The van der Waals surface area contributed by atoms with E-state index in [1.54, 1.807) is 6.08 Å². The highest BCUT2D eigenvalue weighted by Crippen LogP contribution is 2.35. The van der Waals surface area contributed by atoms with E-state index in [1.165, 1.54) is 38.5 Å². The molecule has 2 saturated carbocycles. The zero-order chi connectivity index (χ0) is 13.8. The first-order chi connectivity index (χ1) is 9.08. The molecule has 0 aromatic heterocycles. The van der Waals surface area contributed by atoms with Crippen molar-refractivity contribution in [2.75, 3.05) is 20.6 Å². The van der Waals surface area contributed by atoms with Crippen LogP contribution in [0.3, 0.4) is 0 Å². The highest BCUT2D eigenvalue weighted by atomic mass is 16.2. The molecule has 0 atom stereocenters. The smallest absolute Gasteiger partial charge is 0.246 e. The van der Waals surface area contributed by atoms with Gasteiger partial charge < -0.3 is 9.80 Å². The van der Waals surface area contributed by atoms with Gasteiger partial charge in [-0.1, -0.05) is 13.0 Å². The number of rotatable bonds is 5. The summed E-state index contributed by atoms with van der Waals surface area (Å²) in [5, 5.41) is 0. The van der Waals surface area contributed by atoms with Crippen molar-refractivity contribution >= 4 is 5.91 Å². The molecule has 0 spiro atoms. The summed E-state index contributed by atoms with van der Waals surface area (Å²) in [6.07, 6.45) is 11.2. The lowest BCUT2D eigenvalue weighted by atomic mass is 9.86. The summed E-state index contributed by atoms with van der Waals surface area (Å²) in [6.45, 7) is 3.17. The molecule has 2 aliphatic rings. The lowest BCUT2D eigenvalue weighted by Crippen LogP contribution is -2.43. The van der Waals surface area contributed by atoms with Crippen molar-refractivity contribution in [1.82, 2.24) is 9.80 Å². The van der Waals surface area contributed by atoms with E-state index in [0.717, 1.165) is 12.5 Å². The van der Waals surface area contributed by atoms with Gasteiger partial charge in [-0.05, 0) is 58.5 Å². The second-order valence-corrected chi connectivity index (χ2v) is 6.55.